The fourth-order valence-corrected chi connectivity index (χ4v) is 3.81. The molecule has 5 heteroatoms. The molecule has 0 unspecified atom stereocenters. The standard InChI is InChI=1S/C20H29N3O2/c21-20(11-3-1-4-12-20)19(25)22-15-16-7-9-17(10-8-16)18(24)23-13-5-2-6-14-23/h7-10H,1-6,11-15,21H2,(H,22,25). The van der Waals surface area contributed by atoms with Crippen LogP contribution in [0.4, 0.5) is 0 Å². The first kappa shape index (κ1) is 17.9. The first-order valence-corrected chi connectivity index (χ1v) is 9.54. The fraction of sp³-hybridized carbons (Fsp3) is 0.600. The normalized spacial score (nSPS) is 20.1. The summed E-state index contributed by atoms with van der Waals surface area (Å²) in [5, 5.41) is 2.96. The van der Waals surface area contributed by atoms with E-state index in [9.17, 15) is 9.59 Å². The highest BCUT2D eigenvalue weighted by Crippen LogP contribution is 2.26. The van der Waals surface area contributed by atoms with Gasteiger partial charge in [0.25, 0.3) is 5.91 Å². The van der Waals surface area contributed by atoms with Gasteiger partial charge in [-0.2, -0.15) is 0 Å². The Balaban J connectivity index is 1.53. The Labute approximate surface area is 150 Å². The van der Waals surface area contributed by atoms with Crippen molar-refractivity contribution < 1.29 is 9.59 Å². The smallest absolute Gasteiger partial charge is 0.253 e. The molecule has 2 fully saturated rings. The van der Waals surface area contributed by atoms with E-state index in [1.54, 1.807) is 0 Å². The molecule has 3 N–H and O–H groups in total. The molecule has 0 atom stereocenters. The minimum absolute atomic E-state index is 0.0549. The number of nitrogens with zero attached hydrogens (tertiary/aromatic N) is 1. The Kier molecular flexibility index (Phi) is 5.74. The summed E-state index contributed by atoms with van der Waals surface area (Å²) >= 11 is 0. The maximum absolute atomic E-state index is 12.5. The Morgan fingerprint density at radius 1 is 0.960 bits per heavy atom. The molecular formula is C20H29N3O2. The van der Waals surface area contributed by atoms with Crippen molar-refractivity contribution in [3.63, 3.8) is 0 Å². The second-order valence-corrected chi connectivity index (χ2v) is 7.45. The minimum Gasteiger partial charge on any atom is -0.350 e. The highest BCUT2D eigenvalue weighted by Gasteiger charge is 2.34. The molecule has 0 bridgehead atoms. The molecule has 0 radical (unpaired) electrons. The molecule has 1 aromatic rings. The van der Waals surface area contributed by atoms with Crippen molar-refractivity contribution in [2.75, 3.05) is 13.1 Å². The number of hydrogen-bond donors (Lipinski definition) is 2. The van der Waals surface area contributed by atoms with Gasteiger partial charge in [0.05, 0.1) is 5.54 Å². The van der Waals surface area contributed by atoms with Gasteiger partial charge >= 0.3 is 0 Å². The van der Waals surface area contributed by atoms with Crippen LogP contribution in [0.25, 0.3) is 0 Å². The topological polar surface area (TPSA) is 75.4 Å². The van der Waals surface area contributed by atoms with Crippen molar-refractivity contribution in [3.05, 3.63) is 35.4 Å². The van der Waals surface area contributed by atoms with Crippen LogP contribution in [0.15, 0.2) is 24.3 Å². The van der Waals surface area contributed by atoms with E-state index < -0.39 is 5.54 Å². The van der Waals surface area contributed by atoms with Crippen LogP contribution in [0.2, 0.25) is 0 Å². The molecule has 0 aromatic heterocycles. The Morgan fingerprint density at radius 2 is 1.56 bits per heavy atom. The summed E-state index contributed by atoms with van der Waals surface area (Å²) < 4.78 is 0. The third-order valence-corrected chi connectivity index (χ3v) is 5.50. The summed E-state index contributed by atoms with van der Waals surface area (Å²) in [6.45, 7) is 2.17. The number of carbonyl (C=O) groups excluding carboxylic acids is 2. The van der Waals surface area contributed by atoms with Gasteiger partial charge in [-0.3, -0.25) is 9.59 Å². The molecule has 2 aliphatic rings. The van der Waals surface area contributed by atoms with Crippen LogP contribution in [-0.4, -0.2) is 35.3 Å². The molecule has 1 saturated heterocycles. The molecule has 1 saturated carbocycles. The first-order chi connectivity index (χ1) is 12.1. The molecule has 5 nitrogen and oxygen atoms in total. The van der Waals surface area contributed by atoms with Crippen LogP contribution < -0.4 is 11.1 Å². The third-order valence-electron chi connectivity index (χ3n) is 5.50. The lowest BCUT2D eigenvalue weighted by Gasteiger charge is -2.31. The molecule has 1 aliphatic carbocycles. The highest BCUT2D eigenvalue weighted by atomic mass is 16.2. The number of likely N-dealkylation sites (tertiary alicyclic amines) is 1. The number of rotatable bonds is 4. The van der Waals surface area contributed by atoms with Gasteiger partial charge in [-0.15, -0.1) is 0 Å². The SMILES string of the molecule is NC1(C(=O)NCc2ccc(C(=O)N3CCCCC3)cc2)CCCCC1. The maximum Gasteiger partial charge on any atom is 0.253 e. The van der Waals surface area contributed by atoms with Crippen LogP contribution in [0, 0.1) is 0 Å². The van der Waals surface area contributed by atoms with E-state index in [-0.39, 0.29) is 11.8 Å². The summed E-state index contributed by atoms with van der Waals surface area (Å²) in [7, 11) is 0. The van der Waals surface area contributed by atoms with Crippen LogP contribution in [0.5, 0.6) is 0 Å². The number of piperidine rings is 1. The van der Waals surface area contributed by atoms with E-state index in [1.807, 2.05) is 29.2 Å². The Morgan fingerprint density at radius 3 is 2.20 bits per heavy atom. The van der Waals surface area contributed by atoms with Crippen molar-refractivity contribution in [1.82, 2.24) is 10.2 Å². The summed E-state index contributed by atoms with van der Waals surface area (Å²) in [5.74, 6) is 0.0547. The van der Waals surface area contributed by atoms with E-state index in [2.05, 4.69) is 5.32 Å². The van der Waals surface area contributed by atoms with Crippen LogP contribution in [0.1, 0.15) is 67.3 Å². The highest BCUT2D eigenvalue weighted by molar-refractivity contribution is 5.94. The summed E-state index contributed by atoms with van der Waals surface area (Å²) in [6, 6.07) is 7.55. The molecule has 25 heavy (non-hydrogen) atoms. The van der Waals surface area contributed by atoms with Crippen molar-refractivity contribution >= 4 is 11.8 Å². The molecule has 1 aliphatic heterocycles. The van der Waals surface area contributed by atoms with Crippen LogP contribution in [-0.2, 0) is 11.3 Å². The van der Waals surface area contributed by atoms with Gasteiger partial charge in [0.15, 0.2) is 0 Å². The van der Waals surface area contributed by atoms with Crippen molar-refractivity contribution in [2.24, 2.45) is 5.73 Å². The summed E-state index contributed by atoms with van der Waals surface area (Å²) in [4.78, 5) is 26.8. The largest absolute Gasteiger partial charge is 0.350 e. The van der Waals surface area contributed by atoms with Crippen molar-refractivity contribution in [3.8, 4) is 0 Å². The van der Waals surface area contributed by atoms with E-state index in [0.29, 0.717) is 6.54 Å². The minimum atomic E-state index is -0.706. The fourth-order valence-electron chi connectivity index (χ4n) is 3.81. The van der Waals surface area contributed by atoms with E-state index in [0.717, 1.165) is 62.7 Å². The average Bonchev–Trinajstić information content (AvgIpc) is 2.67. The number of carbonyl (C=O) groups is 2. The van der Waals surface area contributed by atoms with Gasteiger partial charge in [-0.1, -0.05) is 31.4 Å². The second-order valence-electron chi connectivity index (χ2n) is 7.45. The Hall–Kier alpha value is -1.88. The number of amides is 2. The molecule has 136 valence electrons. The molecule has 2 amide bonds. The molecular weight excluding hydrogens is 314 g/mol. The molecule has 3 rings (SSSR count). The van der Waals surface area contributed by atoms with Gasteiger partial charge in [0.1, 0.15) is 0 Å². The van der Waals surface area contributed by atoms with E-state index in [4.69, 9.17) is 5.73 Å². The zero-order chi connectivity index (χ0) is 17.7. The molecule has 0 spiro atoms. The van der Waals surface area contributed by atoms with Gasteiger partial charge in [-0.25, -0.2) is 0 Å². The Bertz CT molecular complexity index is 600. The monoisotopic (exact) mass is 343 g/mol. The van der Waals surface area contributed by atoms with E-state index in [1.165, 1.54) is 12.8 Å². The lowest BCUT2D eigenvalue weighted by Crippen LogP contribution is -2.54. The first-order valence-electron chi connectivity index (χ1n) is 9.54. The predicted octanol–water partition coefficient (Wildman–Crippen LogP) is 2.59. The zero-order valence-electron chi connectivity index (χ0n) is 14.9. The van der Waals surface area contributed by atoms with Crippen LogP contribution in [0.3, 0.4) is 0 Å². The predicted molar refractivity (Wildman–Crippen MR) is 98.0 cm³/mol. The number of benzene rings is 1. The zero-order valence-corrected chi connectivity index (χ0v) is 14.9. The third kappa shape index (κ3) is 4.40. The lowest BCUT2D eigenvalue weighted by molar-refractivity contribution is -0.127. The van der Waals surface area contributed by atoms with Gasteiger partial charge in [0, 0.05) is 25.2 Å². The quantitative estimate of drug-likeness (QED) is 0.882. The number of hydrogen-bond acceptors (Lipinski definition) is 3. The van der Waals surface area contributed by atoms with Crippen LogP contribution >= 0.6 is 0 Å². The lowest BCUT2D eigenvalue weighted by atomic mass is 9.82. The average molecular weight is 343 g/mol. The molecule has 1 aromatic carbocycles. The maximum atomic E-state index is 12.5. The number of nitrogens with one attached hydrogen (secondary N) is 1. The van der Waals surface area contributed by atoms with E-state index >= 15 is 0 Å². The molecule has 1 heterocycles. The summed E-state index contributed by atoms with van der Waals surface area (Å²) in [6.07, 6.45) is 8.15. The van der Waals surface area contributed by atoms with Gasteiger partial charge in [0.2, 0.25) is 5.91 Å². The summed E-state index contributed by atoms with van der Waals surface area (Å²) in [5.41, 5.74) is 7.26. The van der Waals surface area contributed by atoms with Crippen molar-refractivity contribution in [1.29, 1.82) is 0 Å². The van der Waals surface area contributed by atoms with Crippen molar-refractivity contribution in [2.45, 2.75) is 63.5 Å². The van der Waals surface area contributed by atoms with Gasteiger partial charge in [-0.05, 0) is 49.8 Å². The number of nitrogens with two attached hydrogens (primary N) is 1. The second kappa shape index (κ2) is 8.00. The van der Waals surface area contributed by atoms with Gasteiger partial charge < -0.3 is 16.0 Å².